The van der Waals surface area contributed by atoms with Gasteiger partial charge < -0.3 is 19.9 Å². The maximum Gasteiger partial charge on any atom is 0.226 e. The molecule has 1 rings (SSSR count). The van der Waals surface area contributed by atoms with E-state index in [4.69, 9.17) is 4.74 Å². The van der Waals surface area contributed by atoms with Crippen LogP contribution in [-0.2, 0) is 20.8 Å². The second-order valence-electron chi connectivity index (χ2n) is 8.85. The van der Waals surface area contributed by atoms with Gasteiger partial charge in [0.05, 0.1) is 13.7 Å². The van der Waals surface area contributed by atoms with Crippen LogP contribution in [0.5, 0.6) is 5.75 Å². The van der Waals surface area contributed by atoms with Crippen molar-refractivity contribution in [2.75, 3.05) is 53.9 Å². The van der Waals surface area contributed by atoms with Crippen LogP contribution in [0.1, 0.15) is 39.7 Å². The molecule has 1 atom stereocenters. The van der Waals surface area contributed by atoms with Crippen LogP contribution in [0.4, 0.5) is 0 Å². The fraction of sp³-hybridized carbons (Fsp3) is 0.500. The molecule has 0 bridgehead atoms. The Morgan fingerprint density at radius 1 is 1.13 bits per heavy atom. The maximum atomic E-state index is 12.3. The molecule has 0 heterocycles. The largest absolute Gasteiger partial charge is 0.497 e. The lowest BCUT2D eigenvalue weighted by Gasteiger charge is -2.41. The molecule has 218 valence electrons. The molecule has 0 saturated heterocycles. The SMILES string of the molecule is C=C/C=C(\C=C/C)CNC.CCCN(C=O)C(CN(CCc1ccc(OC)cc1)C(C)=O)N(C=O)N(C)CC. The van der Waals surface area contributed by atoms with E-state index in [9.17, 15) is 14.4 Å². The van der Waals surface area contributed by atoms with E-state index in [1.807, 2.05) is 64.2 Å². The third-order valence-corrected chi connectivity index (χ3v) is 6.02. The van der Waals surface area contributed by atoms with E-state index in [0.29, 0.717) is 32.5 Å². The standard InChI is InChI=1S/C21H34N4O4.C9H15N/c1-6-13-24(16-26)21(25(17-27)22(4)7-2)15-23(18(3)28)14-12-19-8-10-20(29-5)11-9-19;1-4-6-9(7-5-2)8-10-3/h8-11,16-17,21H,6-7,12-15H2,1-5H3;4-7,10H,1,8H2,2-3H3/b;7-5-,9-6+. The molecule has 39 heavy (non-hydrogen) atoms. The van der Waals surface area contributed by atoms with Crippen LogP contribution in [0.25, 0.3) is 0 Å². The van der Waals surface area contributed by atoms with Crippen LogP contribution in [0.15, 0.2) is 60.7 Å². The monoisotopic (exact) mass is 543 g/mol. The van der Waals surface area contributed by atoms with Crippen molar-refractivity contribution in [3.05, 3.63) is 66.3 Å². The molecule has 0 aliphatic carbocycles. The second-order valence-corrected chi connectivity index (χ2v) is 8.85. The van der Waals surface area contributed by atoms with Crippen LogP contribution in [0.2, 0.25) is 0 Å². The molecule has 1 aromatic rings. The first-order valence-corrected chi connectivity index (χ1v) is 13.4. The number of amides is 3. The number of likely N-dealkylation sites (N-methyl/N-ethyl adjacent to an activating group) is 1. The summed E-state index contributed by atoms with van der Waals surface area (Å²) in [6.45, 7) is 13.8. The van der Waals surface area contributed by atoms with Gasteiger partial charge in [0.25, 0.3) is 0 Å². The van der Waals surface area contributed by atoms with Gasteiger partial charge in [0.1, 0.15) is 11.9 Å². The van der Waals surface area contributed by atoms with Gasteiger partial charge in [0.15, 0.2) is 0 Å². The zero-order valence-electron chi connectivity index (χ0n) is 24.9. The van der Waals surface area contributed by atoms with Gasteiger partial charge in [0, 0.05) is 40.2 Å². The fourth-order valence-corrected chi connectivity index (χ4v) is 3.79. The lowest BCUT2D eigenvalue weighted by atomic mass is 10.1. The molecular weight excluding hydrogens is 494 g/mol. The Balaban J connectivity index is 0.00000122. The number of nitrogens with zero attached hydrogens (tertiary/aromatic N) is 4. The maximum absolute atomic E-state index is 12.3. The average Bonchev–Trinajstić information content (AvgIpc) is 2.94. The van der Waals surface area contributed by atoms with E-state index in [2.05, 4.69) is 18.0 Å². The molecule has 9 nitrogen and oxygen atoms in total. The van der Waals surface area contributed by atoms with E-state index in [1.165, 1.54) is 17.5 Å². The zero-order chi connectivity index (χ0) is 29.6. The van der Waals surface area contributed by atoms with Gasteiger partial charge in [-0.05, 0) is 50.1 Å². The molecule has 9 heteroatoms. The Kier molecular flexibility index (Phi) is 19.6. The predicted octanol–water partition coefficient (Wildman–Crippen LogP) is 3.50. The summed E-state index contributed by atoms with van der Waals surface area (Å²) < 4.78 is 5.17. The van der Waals surface area contributed by atoms with E-state index in [0.717, 1.165) is 30.7 Å². The van der Waals surface area contributed by atoms with Crippen molar-refractivity contribution in [2.45, 2.75) is 46.7 Å². The number of carbonyl (C=O) groups is 3. The highest BCUT2D eigenvalue weighted by atomic mass is 16.5. The fourth-order valence-electron chi connectivity index (χ4n) is 3.79. The number of rotatable bonds is 18. The number of ether oxygens (including phenoxy) is 1. The van der Waals surface area contributed by atoms with Crippen molar-refractivity contribution in [1.29, 1.82) is 0 Å². The summed E-state index contributed by atoms with van der Waals surface area (Å²) in [5, 5.41) is 6.29. The summed E-state index contributed by atoms with van der Waals surface area (Å²) in [7, 11) is 5.33. The normalized spacial score (nSPS) is 11.8. The van der Waals surface area contributed by atoms with Crippen LogP contribution >= 0.6 is 0 Å². The quantitative estimate of drug-likeness (QED) is 0.132. The van der Waals surface area contributed by atoms with Crippen LogP contribution in [0, 0.1) is 0 Å². The van der Waals surface area contributed by atoms with Crippen LogP contribution in [0.3, 0.4) is 0 Å². The van der Waals surface area contributed by atoms with E-state index >= 15 is 0 Å². The summed E-state index contributed by atoms with van der Waals surface area (Å²) >= 11 is 0. The van der Waals surface area contributed by atoms with Gasteiger partial charge in [-0.2, -0.15) is 0 Å². The van der Waals surface area contributed by atoms with Crippen LogP contribution < -0.4 is 10.1 Å². The molecule has 1 aromatic carbocycles. The average molecular weight is 544 g/mol. The predicted molar refractivity (Wildman–Crippen MR) is 159 cm³/mol. The molecular formula is C30H49N5O4. The van der Waals surface area contributed by atoms with Crippen LogP contribution in [-0.4, -0.2) is 98.6 Å². The Hall–Kier alpha value is -3.43. The third-order valence-electron chi connectivity index (χ3n) is 6.02. The van der Waals surface area contributed by atoms with Gasteiger partial charge in [-0.1, -0.05) is 56.9 Å². The number of carbonyl (C=O) groups excluding carboxylic acids is 3. The molecule has 0 spiro atoms. The topological polar surface area (TPSA) is 85.4 Å². The number of benzene rings is 1. The molecule has 0 saturated carbocycles. The highest BCUT2D eigenvalue weighted by Crippen LogP contribution is 2.14. The number of hydrazine groups is 1. The number of methoxy groups -OCH3 is 1. The molecule has 1 unspecified atom stereocenters. The number of allylic oxidation sites excluding steroid dienone is 3. The Bertz CT molecular complexity index is 901. The molecule has 0 radical (unpaired) electrons. The summed E-state index contributed by atoms with van der Waals surface area (Å²) in [6.07, 6.45) is 10.2. The van der Waals surface area contributed by atoms with E-state index in [1.54, 1.807) is 35.0 Å². The number of nitrogens with one attached hydrogen (secondary N) is 1. The first-order valence-electron chi connectivity index (χ1n) is 13.4. The van der Waals surface area contributed by atoms with Crippen molar-refractivity contribution in [3.63, 3.8) is 0 Å². The van der Waals surface area contributed by atoms with Gasteiger partial charge >= 0.3 is 0 Å². The molecule has 0 aromatic heterocycles. The van der Waals surface area contributed by atoms with Crippen molar-refractivity contribution >= 4 is 18.7 Å². The minimum absolute atomic E-state index is 0.101. The van der Waals surface area contributed by atoms with Crippen molar-refractivity contribution in [1.82, 2.24) is 25.1 Å². The lowest BCUT2D eigenvalue weighted by Crippen LogP contribution is -2.59. The van der Waals surface area contributed by atoms with Gasteiger partial charge in [-0.3, -0.25) is 19.4 Å². The van der Waals surface area contributed by atoms with Crippen molar-refractivity contribution in [3.8, 4) is 5.75 Å². The number of hydrogen-bond donors (Lipinski definition) is 1. The molecule has 3 amide bonds. The number of hydrogen-bond acceptors (Lipinski definition) is 6. The van der Waals surface area contributed by atoms with Crippen molar-refractivity contribution < 1.29 is 19.1 Å². The van der Waals surface area contributed by atoms with Gasteiger partial charge in [-0.25, -0.2) is 5.01 Å². The third kappa shape index (κ3) is 13.8. The lowest BCUT2D eigenvalue weighted by molar-refractivity contribution is -0.157. The van der Waals surface area contributed by atoms with Gasteiger partial charge in [-0.15, -0.1) is 0 Å². The van der Waals surface area contributed by atoms with Gasteiger partial charge in [0.2, 0.25) is 18.7 Å². The highest BCUT2D eigenvalue weighted by Gasteiger charge is 2.28. The summed E-state index contributed by atoms with van der Waals surface area (Å²) in [4.78, 5) is 39.1. The summed E-state index contributed by atoms with van der Waals surface area (Å²) in [5.74, 6) is 0.679. The molecule has 0 aliphatic rings. The Morgan fingerprint density at radius 3 is 2.23 bits per heavy atom. The summed E-state index contributed by atoms with van der Waals surface area (Å²) in [6, 6.07) is 7.70. The first kappa shape index (κ1) is 35.6. The van der Waals surface area contributed by atoms with E-state index in [-0.39, 0.29) is 12.5 Å². The molecule has 0 fully saturated rings. The minimum Gasteiger partial charge on any atom is -0.497 e. The summed E-state index contributed by atoms with van der Waals surface area (Å²) in [5.41, 5.74) is 2.33. The van der Waals surface area contributed by atoms with Crippen molar-refractivity contribution in [2.24, 2.45) is 0 Å². The first-order chi connectivity index (χ1) is 18.8. The Labute approximate surface area is 235 Å². The second kappa shape index (κ2) is 21.5. The van der Waals surface area contributed by atoms with E-state index < -0.39 is 6.17 Å². The Morgan fingerprint density at radius 2 is 1.79 bits per heavy atom. The minimum atomic E-state index is -0.560. The highest BCUT2D eigenvalue weighted by molar-refractivity contribution is 5.73. The zero-order valence-corrected chi connectivity index (χ0v) is 24.9. The molecule has 0 aliphatic heterocycles. The molecule has 1 N–H and O–H groups in total. The smallest absolute Gasteiger partial charge is 0.226 e.